The quantitative estimate of drug-likeness (QED) is 0.810. The molecule has 0 radical (unpaired) electrons. The van der Waals surface area contributed by atoms with Crippen molar-refractivity contribution < 1.29 is 37.3 Å². The van der Waals surface area contributed by atoms with Crippen molar-refractivity contribution in [3.05, 3.63) is 0 Å². The Morgan fingerprint density at radius 1 is 1.28 bits per heavy atom. The van der Waals surface area contributed by atoms with Gasteiger partial charge in [-0.25, -0.2) is 9.59 Å². The van der Waals surface area contributed by atoms with E-state index in [0.717, 1.165) is 0 Å². The standard InChI is InChI=1S/C9H14F3NO5/c1-8(2,3)18-7(16)13-5(6(14)15)4-17-9(10,11)12/h5H,4H2,1-3H3,(H,13,16)(H,14,15). The summed E-state index contributed by atoms with van der Waals surface area (Å²) in [4.78, 5) is 21.8. The van der Waals surface area contributed by atoms with Crippen LogP contribution in [0.2, 0.25) is 0 Å². The van der Waals surface area contributed by atoms with Crippen LogP contribution in [0.3, 0.4) is 0 Å². The maximum Gasteiger partial charge on any atom is 0.522 e. The molecule has 0 aromatic heterocycles. The van der Waals surface area contributed by atoms with E-state index in [4.69, 9.17) is 9.84 Å². The molecular weight excluding hydrogens is 259 g/mol. The Bertz CT molecular complexity index is 310. The first-order valence-electron chi connectivity index (χ1n) is 4.84. The van der Waals surface area contributed by atoms with Gasteiger partial charge in [0.2, 0.25) is 0 Å². The molecule has 0 spiro atoms. The Morgan fingerprint density at radius 3 is 2.11 bits per heavy atom. The summed E-state index contributed by atoms with van der Waals surface area (Å²) >= 11 is 0. The van der Waals surface area contributed by atoms with E-state index in [9.17, 15) is 22.8 Å². The van der Waals surface area contributed by atoms with Crippen molar-refractivity contribution in [3.63, 3.8) is 0 Å². The van der Waals surface area contributed by atoms with Crippen LogP contribution in [-0.2, 0) is 14.3 Å². The van der Waals surface area contributed by atoms with Crippen LogP contribution in [-0.4, -0.2) is 41.8 Å². The van der Waals surface area contributed by atoms with Crippen molar-refractivity contribution in [2.75, 3.05) is 6.61 Å². The van der Waals surface area contributed by atoms with E-state index in [-0.39, 0.29) is 0 Å². The molecule has 0 aliphatic heterocycles. The van der Waals surface area contributed by atoms with Crippen LogP contribution in [0.25, 0.3) is 0 Å². The zero-order valence-corrected chi connectivity index (χ0v) is 10.00. The molecule has 0 saturated carbocycles. The second kappa shape index (κ2) is 5.89. The molecule has 0 aliphatic rings. The molecule has 1 atom stereocenters. The molecule has 0 aromatic rings. The molecule has 2 N–H and O–H groups in total. The fraction of sp³-hybridized carbons (Fsp3) is 0.778. The minimum absolute atomic E-state index is 0.891. The average molecular weight is 273 g/mol. The normalized spacial score (nSPS) is 13.9. The molecule has 0 fully saturated rings. The zero-order valence-electron chi connectivity index (χ0n) is 10.00. The zero-order chi connectivity index (χ0) is 14.6. The number of rotatable bonds is 4. The third-order valence-corrected chi connectivity index (χ3v) is 1.40. The van der Waals surface area contributed by atoms with Crippen LogP contribution in [0.5, 0.6) is 0 Å². The Balaban J connectivity index is 4.37. The van der Waals surface area contributed by atoms with Crippen LogP contribution >= 0.6 is 0 Å². The monoisotopic (exact) mass is 273 g/mol. The van der Waals surface area contributed by atoms with Gasteiger partial charge in [-0.3, -0.25) is 4.74 Å². The highest BCUT2D eigenvalue weighted by atomic mass is 19.4. The van der Waals surface area contributed by atoms with Gasteiger partial charge >= 0.3 is 18.4 Å². The van der Waals surface area contributed by atoms with E-state index in [0.29, 0.717) is 0 Å². The molecule has 1 amide bonds. The molecule has 0 aromatic carbocycles. The topological polar surface area (TPSA) is 84.9 Å². The van der Waals surface area contributed by atoms with Crippen molar-refractivity contribution in [1.82, 2.24) is 5.32 Å². The molecule has 1 unspecified atom stereocenters. The highest BCUT2D eigenvalue weighted by molar-refractivity contribution is 5.80. The number of hydrogen-bond donors (Lipinski definition) is 2. The van der Waals surface area contributed by atoms with Gasteiger partial charge < -0.3 is 15.2 Å². The first kappa shape index (κ1) is 16.5. The van der Waals surface area contributed by atoms with E-state index in [2.05, 4.69) is 4.74 Å². The number of ether oxygens (including phenoxy) is 2. The first-order chi connectivity index (χ1) is 7.91. The molecule has 0 rings (SSSR count). The number of amides is 1. The number of nitrogens with one attached hydrogen (secondary N) is 1. The summed E-state index contributed by atoms with van der Waals surface area (Å²) in [6, 6.07) is -1.85. The second-order valence-electron chi connectivity index (χ2n) is 4.29. The van der Waals surface area contributed by atoms with E-state index in [1.54, 1.807) is 5.32 Å². The van der Waals surface area contributed by atoms with Gasteiger partial charge in [-0.1, -0.05) is 0 Å². The maximum absolute atomic E-state index is 11.7. The van der Waals surface area contributed by atoms with Crippen LogP contribution in [0.15, 0.2) is 0 Å². The minimum Gasteiger partial charge on any atom is -0.480 e. The minimum atomic E-state index is -4.97. The van der Waals surface area contributed by atoms with Crippen LogP contribution < -0.4 is 5.32 Å². The van der Waals surface area contributed by atoms with E-state index >= 15 is 0 Å². The Morgan fingerprint density at radius 2 is 1.78 bits per heavy atom. The summed E-state index contributed by atoms with van der Waals surface area (Å²) in [7, 11) is 0. The van der Waals surface area contributed by atoms with Gasteiger partial charge in [-0.2, -0.15) is 0 Å². The summed E-state index contributed by atoms with van der Waals surface area (Å²) in [6.45, 7) is 3.33. The average Bonchev–Trinajstić information content (AvgIpc) is 2.06. The SMILES string of the molecule is CC(C)(C)OC(=O)NC(COC(F)(F)F)C(=O)O. The summed E-state index contributed by atoms with van der Waals surface area (Å²) in [6.07, 6.45) is -6.11. The lowest BCUT2D eigenvalue weighted by Crippen LogP contribution is -2.46. The Hall–Kier alpha value is -1.51. The van der Waals surface area contributed by atoms with Crippen LogP contribution in [0.1, 0.15) is 20.8 Å². The summed E-state index contributed by atoms with van der Waals surface area (Å²) in [5.74, 6) is -1.66. The maximum atomic E-state index is 11.7. The molecule has 0 bridgehead atoms. The van der Waals surface area contributed by atoms with Crippen molar-refractivity contribution in [2.24, 2.45) is 0 Å². The lowest BCUT2D eigenvalue weighted by Gasteiger charge is -2.22. The van der Waals surface area contributed by atoms with Gasteiger partial charge in [0.1, 0.15) is 5.60 Å². The van der Waals surface area contributed by atoms with Gasteiger partial charge in [-0.05, 0) is 20.8 Å². The van der Waals surface area contributed by atoms with Crippen molar-refractivity contribution >= 4 is 12.1 Å². The molecule has 0 heterocycles. The summed E-state index contributed by atoms with van der Waals surface area (Å²) in [5, 5.41) is 10.4. The third kappa shape index (κ3) is 8.62. The largest absolute Gasteiger partial charge is 0.522 e. The number of carboxylic acid groups (broad SMARTS) is 1. The van der Waals surface area contributed by atoms with E-state index in [1.807, 2.05) is 0 Å². The smallest absolute Gasteiger partial charge is 0.480 e. The molecule has 6 nitrogen and oxygen atoms in total. The Labute approximate surface area is 101 Å². The number of carbonyl (C=O) groups is 2. The number of alkyl halides is 3. The Kier molecular flexibility index (Phi) is 5.40. The molecule has 0 aliphatic carbocycles. The molecule has 18 heavy (non-hydrogen) atoms. The fourth-order valence-electron chi connectivity index (χ4n) is 0.802. The number of aliphatic carboxylic acids is 1. The van der Waals surface area contributed by atoms with Gasteiger partial charge in [0.25, 0.3) is 0 Å². The van der Waals surface area contributed by atoms with E-state index in [1.165, 1.54) is 20.8 Å². The fourth-order valence-corrected chi connectivity index (χ4v) is 0.802. The lowest BCUT2D eigenvalue weighted by molar-refractivity contribution is -0.325. The number of halogens is 3. The number of hydrogen-bond acceptors (Lipinski definition) is 4. The van der Waals surface area contributed by atoms with E-state index < -0.39 is 36.7 Å². The molecular formula is C9H14F3NO5. The van der Waals surface area contributed by atoms with Gasteiger partial charge in [0, 0.05) is 0 Å². The number of carbonyl (C=O) groups excluding carboxylic acids is 1. The highest BCUT2D eigenvalue weighted by Gasteiger charge is 2.33. The molecule has 9 heteroatoms. The lowest BCUT2D eigenvalue weighted by atomic mass is 10.2. The van der Waals surface area contributed by atoms with Crippen molar-refractivity contribution in [3.8, 4) is 0 Å². The highest BCUT2D eigenvalue weighted by Crippen LogP contribution is 2.16. The summed E-state index contributed by atoms with van der Waals surface area (Å²) < 4.78 is 43.2. The second-order valence-corrected chi connectivity index (χ2v) is 4.29. The number of alkyl carbamates (subject to hydrolysis) is 1. The van der Waals surface area contributed by atoms with Crippen molar-refractivity contribution in [2.45, 2.75) is 38.8 Å². The van der Waals surface area contributed by atoms with Gasteiger partial charge in [-0.15, -0.1) is 13.2 Å². The molecule has 0 saturated heterocycles. The first-order valence-corrected chi connectivity index (χ1v) is 4.84. The predicted octanol–water partition coefficient (Wildman–Crippen LogP) is 1.50. The van der Waals surface area contributed by atoms with Crippen molar-refractivity contribution in [1.29, 1.82) is 0 Å². The van der Waals surface area contributed by atoms with Gasteiger partial charge in [0.15, 0.2) is 6.04 Å². The molecule has 106 valence electrons. The third-order valence-electron chi connectivity index (χ3n) is 1.40. The van der Waals surface area contributed by atoms with Crippen LogP contribution in [0, 0.1) is 0 Å². The summed E-state index contributed by atoms with van der Waals surface area (Å²) in [5.41, 5.74) is -0.891. The predicted molar refractivity (Wildman–Crippen MR) is 52.8 cm³/mol. The van der Waals surface area contributed by atoms with Gasteiger partial charge in [0.05, 0.1) is 6.61 Å². The number of carboxylic acids is 1. The van der Waals surface area contributed by atoms with Crippen LogP contribution in [0.4, 0.5) is 18.0 Å².